The number of ketones is 1. The average Bonchev–Trinajstić information content (AvgIpc) is 2.66. The van der Waals surface area contributed by atoms with E-state index in [4.69, 9.17) is 9.47 Å². The number of likely N-dealkylation sites (tertiary alicyclic amines) is 1. The molecule has 152 valence electrons. The molecule has 3 aliphatic rings. The lowest BCUT2D eigenvalue weighted by Gasteiger charge is -2.40. The van der Waals surface area contributed by atoms with Gasteiger partial charge in [-0.1, -0.05) is 6.42 Å². The molecule has 1 saturated heterocycles. The molecule has 0 aromatic heterocycles. The summed E-state index contributed by atoms with van der Waals surface area (Å²) < 4.78 is 12.1. The Bertz CT molecular complexity index is 743. The van der Waals surface area contributed by atoms with Crippen LogP contribution in [0, 0.1) is 0 Å². The fourth-order valence-electron chi connectivity index (χ4n) is 5.17. The summed E-state index contributed by atoms with van der Waals surface area (Å²) in [5.74, 6) is 1.38. The molecule has 0 bridgehead atoms. The molecule has 2 heterocycles. The highest BCUT2D eigenvalue weighted by molar-refractivity contribution is 6.00. The van der Waals surface area contributed by atoms with Crippen molar-refractivity contribution in [1.82, 2.24) is 4.90 Å². The van der Waals surface area contributed by atoms with Crippen LogP contribution in [0.1, 0.15) is 82.0 Å². The summed E-state index contributed by atoms with van der Waals surface area (Å²) in [6.45, 7) is 4.23. The van der Waals surface area contributed by atoms with E-state index >= 15 is 0 Å². The number of hydrogen-bond donors (Lipinski definition) is 0. The molecule has 1 aromatic carbocycles. The van der Waals surface area contributed by atoms with E-state index in [9.17, 15) is 9.59 Å². The molecule has 1 saturated carbocycles. The molecular formula is C23H31NO4. The van der Waals surface area contributed by atoms with Crippen molar-refractivity contribution in [3.8, 4) is 11.5 Å². The minimum absolute atomic E-state index is 0.0204. The molecule has 5 heteroatoms. The van der Waals surface area contributed by atoms with Crippen molar-refractivity contribution in [2.45, 2.75) is 89.3 Å². The molecular weight excluding hydrogens is 354 g/mol. The third kappa shape index (κ3) is 3.76. The smallest absolute Gasteiger partial charge is 0.260 e. The lowest BCUT2D eigenvalue weighted by molar-refractivity contribution is -0.139. The molecule has 0 radical (unpaired) electrons. The van der Waals surface area contributed by atoms with Gasteiger partial charge in [-0.25, -0.2) is 0 Å². The minimum Gasteiger partial charge on any atom is -0.486 e. The van der Waals surface area contributed by atoms with Crippen molar-refractivity contribution in [3.63, 3.8) is 0 Å². The first kappa shape index (κ1) is 19.3. The third-order valence-corrected chi connectivity index (χ3v) is 6.67. The Morgan fingerprint density at radius 3 is 2.57 bits per heavy atom. The summed E-state index contributed by atoms with van der Waals surface area (Å²) in [6, 6.07) is 5.86. The molecule has 1 amide bonds. The van der Waals surface area contributed by atoms with Gasteiger partial charge >= 0.3 is 0 Å². The molecule has 1 aromatic rings. The van der Waals surface area contributed by atoms with E-state index in [0.29, 0.717) is 23.5 Å². The van der Waals surface area contributed by atoms with Crippen molar-refractivity contribution in [2.24, 2.45) is 0 Å². The average molecular weight is 386 g/mol. The molecule has 2 unspecified atom stereocenters. The van der Waals surface area contributed by atoms with Gasteiger partial charge in [0.1, 0.15) is 17.1 Å². The van der Waals surface area contributed by atoms with Gasteiger partial charge in [-0.3, -0.25) is 9.59 Å². The number of benzene rings is 1. The van der Waals surface area contributed by atoms with Gasteiger partial charge in [-0.2, -0.15) is 0 Å². The molecule has 4 rings (SSSR count). The number of ether oxygens (including phenoxy) is 2. The Labute approximate surface area is 167 Å². The normalized spacial score (nSPS) is 26.5. The van der Waals surface area contributed by atoms with Gasteiger partial charge in [-0.05, 0) is 70.9 Å². The summed E-state index contributed by atoms with van der Waals surface area (Å²) in [5, 5.41) is 0. The van der Waals surface area contributed by atoms with Crippen LogP contribution in [0.5, 0.6) is 11.5 Å². The van der Waals surface area contributed by atoms with Crippen LogP contribution in [0.15, 0.2) is 18.2 Å². The second-order valence-corrected chi connectivity index (χ2v) is 8.82. The molecule has 1 aliphatic carbocycles. The van der Waals surface area contributed by atoms with E-state index in [1.54, 1.807) is 18.2 Å². The monoisotopic (exact) mass is 385 g/mol. The first-order valence-corrected chi connectivity index (χ1v) is 10.8. The third-order valence-electron chi connectivity index (χ3n) is 6.67. The number of carbonyl (C=O) groups is 2. The summed E-state index contributed by atoms with van der Waals surface area (Å²) in [4.78, 5) is 27.3. The SMILES string of the molecule is CC1CCCC(C)N1C(=O)COc1ccc2c(c1)OC1(CCCCC1)CC2=O. The van der Waals surface area contributed by atoms with Gasteiger partial charge < -0.3 is 14.4 Å². The zero-order chi connectivity index (χ0) is 19.7. The first-order chi connectivity index (χ1) is 13.5. The van der Waals surface area contributed by atoms with Crippen molar-refractivity contribution < 1.29 is 19.1 Å². The maximum atomic E-state index is 12.7. The Hall–Kier alpha value is -2.04. The number of carbonyl (C=O) groups excluding carboxylic acids is 2. The van der Waals surface area contributed by atoms with Crippen LogP contribution in [-0.2, 0) is 4.79 Å². The standard InChI is InChI=1S/C23H31NO4/c1-16-7-6-8-17(2)24(16)22(26)15-27-18-9-10-19-20(25)14-23(28-21(19)13-18)11-4-3-5-12-23/h9-10,13,16-17H,3-8,11-12,14-15H2,1-2H3. The van der Waals surface area contributed by atoms with Crippen LogP contribution in [0.4, 0.5) is 0 Å². The fraction of sp³-hybridized carbons (Fsp3) is 0.652. The molecule has 1 spiro atoms. The predicted molar refractivity (Wildman–Crippen MR) is 107 cm³/mol. The number of Topliss-reactive ketones (excluding diaryl/α,β-unsaturated/α-hetero) is 1. The van der Waals surface area contributed by atoms with E-state index in [-0.39, 0.29) is 36.0 Å². The van der Waals surface area contributed by atoms with Crippen LogP contribution in [0.3, 0.4) is 0 Å². The van der Waals surface area contributed by atoms with E-state index < -0.39 is 0 Å². The highest BCUT2D eigenvalue weighted by atomic mass is 16.5. The lowest BCUT2D eigenvalue weighted by Crippen LogP contribution is -2.49. The van der Waals surface area contributed by atoms with E-state index in [2.05, 4.69) is 13.8 Å². The van der Waals surface area contributed by atoms with Gasteiger partial charge in [0.25, 0.3) is 5.91 Å². The van der Waals surface area contributed by atoms with Crippen LogP contribution in [0.25, 0.3) is 0 Å². The van der Waals surface area contributed by atoms with Crippen molar-refractivity contribution in [2.75, 3.05) is 6.61 Å². The number of hydrogen-bond acceptors (Lipinski definition) is 4. The van der Waals surface area contributed by atoms with E-state index in [0.717, 1.165) is 38.5 Å². The Balaban J connectivity index is 1.45. The minimum atomic E-state index is -0.338. The van der Waals surface area contributed by atoms with E-state index in [1.807, 2.05) is 4.90 Å². The van der Waals surface area contributed by atoms with Crippen molar-refractivity contribution in [1.29, 1.82) is 0 Å². The van der Waals surface area contributed by atoms with Crippen molar-refractivity contribution in [3.05, 3.63) is 23.8 Å². The zero-order valence-electron chi connectivity index (χ0n) is 17.0. The van der Waals surface area contributed by atoms with Crippen LogP contribution in [0.2, 0.25) is 0 Å². The molecule has 5 nitrogen and oxygen atoms in total. The molecule has 2 atom stereocenters. The summed E-state index contributed by atoms with van der Waals surface area (Å²) >= 11 is 0. The Morgan fingerprint density at radius 1 is 1.14 bits per heavy atom. The van der Waals surface area contributed by atoms with Crippen LogP contribution >= 0.6 is 0 Å². The second-order valence-electron chi connectivity index (χ2n) is 8.82. The molecule has 28 heavy (non-hydrogen) atoms. The van der Waals surface area contributed by atoms with Crippen LogP contribution < -0.4 is 9.47 Å². The maximum absolute atomic E-state index is 12.7. The van der Waals surface area contributed by atoms with Gasteiger partial charge in [0.15, 0.2) is 12.4 Å². The highest BCUT2D eigenvalue weighted by Gasteiger charge is 2.41. The topological polar surface area (TPSA) is 55.8 Å². The fourth-order valence-corrected chi connectivity index (χ4v) is 5.17. The summed E-state index contributed by atoms with van der Waals surface area (Å²) in [6.07, 6.45) is 9.05. The number of amides is 1. The zero-order valence-corrected chi connectivity index (χ0v) is 17.0. The predicted octanol–water partition coefficient (Wildman–Crippen LogP) is 4.52. The van der Waals surface area contributed by atoms with Gasteiger partial charge in [-0.15, -0.1) is 0 Å². The van der Waals surface area contributed by atoms with Gasteiger partial charge in [0.2, 0.25) is 0 Å². The number of piperidine rings is 1. The number of rotatable bonds is 3. The van der Waals surface area contributed by atoms with Crippen molar-refractivity contribution >= 4 is 11.7 Å². The second kappa shape index (κ2) is 7.76. The van der Waals surface area contributed by atoms with Crippen LogP contribution in [-0.4, -0.2) is 40.9 Å². The highest BCUT2D eigenvalue weighted by Crippen LogP contribution is 2.42. The van der Waals surface area contributed by atoms with Gasteiger partial charge in [0.05, 0.1) is 12.0 Å². The lowest BCUT2D eigenvalue weighted by atomic mass is 9.78. The summed E-state index contributed by atoms with van der Waals surface area (Å²) in [7, 11) is 0. The maximum Gasteiger partial charge on any atom is 0.260 e. The van der Waals surface area contributed by atoms with E-state index in [1.165, 1.54) is 12.8 Å². The first-order valence-electron chi connectivity index (χ1n) is 10.8. The summed E-state index contributed by atoms with van der Waals surface area (Å²) in [5.41, 5.74) is 0.295. The Kier molecular flexibility index (Phi) is 5.35. The quantitative estimate of drug-likeness (QED) is 0.767. The molecule has 0 N–H and O–H groups in total. The molecule has 2 aliphatic heterocycles. The number of nitrogens with zero attached hydrogens (tertiary/aromatic N) is 1. The largest absolute Gasteiger partial charge is 0.486 e. The van der Waals surface area contributed by atoms with Gasteiger partial charge in [0, 0.05) is 18.2 Å². The molecule has 2 fully saturated rings. The number of fused-ring (bicyclic) bond motifs is 1. The Morgan fingerprint density at radius 2 is 1.86 bits per heavy atom.